The molecule has 2 nitrogen and oxygen atoms in total. The van der Waals surface area contributed by atoms with E-state index in [0.29, 0.717) is 19.8 Å². The highest BCUT2D eigenvalue weighted by molar-refractivity contribution is 7.18. The molecule has 5 heteroatoms. The predicted molar refractivity (Wildman–Crippen MR) is 76.1 cm³/mol. The lowest BCUT2D eigenvalue weighted by molar-refractivity contribution is 0.104. The third kappa shape index (κ3) is 1.85. The van der Waals surface area contributed by atoms with Crippen molar-refractivity contribution in [3.63, 3.8) is 0 Å². The van der Waals surface area contributed by atoms with Gasteiger partial charge in [-0.1, -0.05) is 29.3 Å². The van der Waals surface area contributed by atoms with Crippen molar-refractivity contribution in [2.24, 2.45) is 0 Å². The molecule has 3 aromatic rings. The molecule has 0 spiro atoms. The Balaban J connectivity index is 2.18. The number of rotatable bonds is 2. The average molecular weight is 296 g/mol. The summed E-state index contributed by atoms with van der Waals surface area (Å²) in [6.45, 7) is 0. The summed E-state index contributed by atoms with van der Waals surface area (Å²) in [6.07, 6.45) is 1.69. The Morgan fingerprint density at radius 3 is 2.72 bits per heavy atom. The minimum atomic E-state index is -0.0637. The quantitative estimate of drug-likeness (QED) is 0.679. The number of aromatic amines is 1. The number of benzene rings is 1. The van der Waals surface area contributed by atoms with E-state index in [-0.39, 0.29) is 5.78 Å². The van der Waals surface area contributed by atoms with Crippen molar-refractivity contribution in [2.45, 2.75) is 0 Å². The van der Waals surface area contributed by atoms with Crippen molar-refractivity contribution in [3.8, 4) is 0 Å². The number of halogens is 2. The van der Waals surface area contributed by atoms with Gasteiger partial charge in [-0.05, 0) is 24.3 Å². The van der Waals surface area contributed by atoms with E-state index in [2.05, 4.69) is 4.98 Å². The summed E-state index contributed by atoms with van der Waals surface area (Å²) < 4.78 is 0.601. The molecule has 0 unspecified atom stereocenters. The number of ketones is 1. The number of thiophene rings is 1. The molecule has 0 aliphatic rings. The van der Waals surface area contributed by atoms with Crippen LogP contribution in [-0.4, -0.2) is 10.8 Å². The number of carbonyl (C=O) groups is 1. The first-order chi connectivity index (χ1) is 8.66. The third-order valence-corrected chi connectivity index (χ3v) is 4.24. The van der Waals surface area contributed by atoms with E-state index in [4.69, 9.17) is 23.2 Å². The van der Waals surface area contributed by atoms with Gasteiger partial charge < -0.3 is 4.98 Å². The van der Waals surface area contributed by atoms with Crippen molar-refractivity contribution < 1.29 is 4.79 Å². The summed E-state index contributed by atoms with van der Waals surface area (Å²) in [5.74, 6) is -0.0637. The van der Waals surface area contributed by atoms with Crippen LogP contribution in [-0.2, 0) is 0 Å². The molecule has 2 heterocycles. The number of nitrogens with one attached hydrogen (secondary N) is 1. The van der Waals surface area contributed by atoms with Gasteiger partial charge in [-0.15, -0.1) is 11.3 Å². The van der Waals surface area contributed by atoms with Crippen molar-refractivity contribution in [3.05, 3.63) is 56.3 Å². The molecule has 0 saturated carbocycles. The van der Waals surface area contributed by atoms with E-state index in [1.807, 2.05) is 12.1 Å². The van der Waals surface area contributed by atoms with Crippen LogP contribution in [0.25, 0.3) is 10.9 Å². The van der Waals surface area contributed by atoms with E-state index in [1.54, 1.807) is 24.4 Å². The summed E-state index contributed by atoms with van der Waals surface area (Å²) in [6, 6.07) is 8.95. The molecule has 0 bridgehead atoms. The molecule has 1 N–H and O–H groups in total. The lowest BCUT2D eigenvalue weighted by Crippen LogP contribution is -1.97. The summed E-state index contributed by atoms with van der Waals surface area (Å²) in [7, 11) is 0. The summed E-state index contributed by atoms with van der Waals surface area (Å²) in [5, 5.41) is 1.33. The highest BCUT2D eigenvalue weighted by Crippen LogP contribution is 2.30. The summed E-state index contributed by atoms with van der Waals surface area (Å²) in [4.78, 5) is 16.0. The maximum absolute atomic E-state index is 12.4. The fourth-order valence-corrected chi connectivity index (χ4v) is 3.16. The zero-order chi connectivity index (χ0) is 12.7. The molecular weight excluding hydrogens is 289 g/mol. The Morgan fingerprint density at radius 1 is 1.17 bits per heavy atom. The Kier molecular flexibility index (Phi) is 2.90. The van der Waals surface area contributed by atoms with Gasteiger partial charge in [0.15, 0.2) is 0 Å². The highest BCUT2D eigenvalue weighted by Gasteiger charge is 2.17. The normalized spacial score (nSPS) is 11.0. The number of H-pyrrole nitrogens is 1. The average Bonchev–Trinajstić information content (AvgIpc) is 2.95. The first-order valence-corrected chi connectivity index (χ1v) is 6.79. The number of fused-ring (bicyclic) bond motifs is 1. The molecule has 1 aromatic carbocycles. The molecule has 2 aromatic heterocycles. The minimum Gasteiger partial charge on any atom is -0.360 e. The summed E-state index contributed by atoms with van der Waals surface area (Å²) >= 11 is 13.3. The second kappa shape index (κ2) is 4.43. The minimum absolute atomic E-state index is 0.0637. The van der Waals surface area contributed by atoms with Crippen LogP contribution in [0, 0.1) is 0 Å². The Morgan fingerprint density at radius 2 is 2.00 bits per heavy atom. The number of aromatic nitrogens is 1. The van der Waals surface area contributed by atoms with E-state index in [9.17, 15) is 4.79 Å². The number of hydrogen-bond acceptors (Lipinski definition) is 2. The molecule has 0 aliphatic carbocycles. The second-order valence-corrected chi connectivity index (χ2v) is 5.92. The third-order valence-electron chi connectivity index (χ3n) is 2.70. The first kappa shape index (κ1) is 11.8. The SMILES string of the molecule is O=C(c1ccc(Cl)s1)c1c[nH]c2cccc(Cl)c12. The Labute approximate surface area is 117 Å². The lowest BCUT2D eigenvalue weighted by Gasteiger charge is -1.98. The van der Waals surface area contributed by atoms with Crippen LogP contribution in [0.15, 0.2) is 36.5 Å². The van der Waals surface area contributed by atoms with Gasteiger partial charge in [0.2, 0.25) is 5.78 Å². The first-order valence-electron chi connectivity index (χ1n) is 5.22. The van der Waals surface area contributed by atoms with Gasteiger partial charge in [0.1, 0.15) is 0 Å². The van der Waals surface area contributed by atoms with Gasteiger partial charge >= 0.3 is 0 Å². The Bertz CT molecular complexity index is 744. The van der Waals surface area contributed by atoms with E-state index in [0.717, 1.165) is 10.9 Å². The Hall–Kier alpha value is -1.29. The van der Waals surface area contributed by atoms with Crippen LogP contribution in [0.5, 0.6) is 0 Å². The molecule has 0 atom stereocenters. The fourth-order valence-electron chi connectivity index (χ4n) is 1.89. The molecule has 0 fully saturated rings. The maximum Gasteiger partial charge on any atom is 0.205 e. The van der Waals surface area contributed by atoms with Gasteiger partial charge in [-0.25, -0.2) is 0 Å². The topological polar surface area (TPSA) is 32.9 Å². The van der Waals surface area contributed by atoms with E-state index < -0.39 is 0 Å². The van der Waals surface area contributed by atoms with Crippen LogP contribution >= 0.6 is 34.5 Å². The summed E-state index contributed by atoms with van der Waals surface area (Å²) in [5.41, 5.74) is 1.43. The van der Waals surface area contributed by atoms with Gasteiger partial charge in [0, 0.05) is 17.1 Å². The number of carbonyl (C=O) groups excluding carboxylic acids is 1. The second-order valence-electron chi connectivity index (χ2n) is 3.80. The molecule has 0 saturated heterocycles. The molecule has 0 amide bonds. The van der Waals surface area contributed by atoms with Gasteiger partial charge in [-0.2, -0.15) is 0 Å². The molecule has 3 rings (SSSR count). The zero-order valence-electron chi connectivity index (χ0n) is 9.04. The molecule has 0 aliphatic heterocycles. The van der Waals surface area contributed by atoms with Gasteiger partial charge in [0.25, 0.3) is 0 Å². The monoisotopic (exact) mass is 295 g/mol. The molecule has 0 radical (unpaired) electrons. The van der Waals surface area contributed by atoms with Crippen molar-refractivity contribution in [2.75, 3.05) is 0 Å². The van der Waals surface area contributed by atoms with Crippen LogP contribution in [0.3, 0.4) is 0 Å². The molecule has 90 valence electrons. The van der Waals surface area contributed by atoms with E-state index >= 15 is 0 Å². The lowest BCUT2D eigenvalue weighted by atomic mass is 10.1. The van der Waals surface area contributed by atoms with Gasteiger partial charge in [-0.3, -0.25) is 4.79 Å². The maximum atomic E-state index is 12.4. The molecule has 18 heavy (non-hydrogen) atoms. The van der Waals surface area contributed by atoms with Crippen molar-refractivity contribution >= 4 is 51.2 Å². The van der Waals surface area contributed by atoms with Gasteiger partial charge in [0.05, 0.1) is 19.8 Å². The predicted octanol–water partition coefficient (Wildman–Crippen LogP) is 4.77. The standard InChI is InChI=1S/C13H7Cl2NOS/c14-8-2-1-3-9-12(8)7(6-16-9)13(17)10-4-5-11(15)18-10/h1-6,16H. The van der Waals surface area contributed by atoms with Crippen molar-refractivity contribution in [1.29, 1.82) is 0 Å². The van der Waals surface area contributed by atoms with E-state index in [1.165, 1.54) is 11.3 Å². The van der Waals surface area contributed by atoms with Crippen LogP contribution in [0.2, 0.25) is 9.36 Å². The highest BCUT2D eigenvalue weighted by atomic mass is 35.5. The molecular formula is C13H7Cl2NOS. The van der Waals surface area contributed by atoms with Crippen LogP contribution < -0.4 is 0 Å². The fraction of sp³-hybridized carbons (Fsp3) is 0. The largest absolute Gasteiger partial charge is 0.360 e. The number of hydrogen-bond donors (Lipinski definition) is 1. The smallest absolute Gasteiger partial charge is 0.205 e. The van der Waals surface area contributed by atoms with Crippen LogP contribution in [0.4, 0.5) is 0 Å². The van der Waals surface area contributed by atoms with Crippen LogP contribution in [0.1, 0.15) is 15.2 Å². The zero-order valence-corrected chi connectivity index (χ0v) is 11.4. The van der Waals surface area contributed by atoms with Crippen molar-refractivity contribution in [1.82, 2.24) is 4.98 Å².